The largest absolute Gasteiger partial charge is 0.504 e. The molecule has 7 rings (SSSR count). The van der Waals surface area contributed by atoms with Gasteiger partial charge in [-0.15, -0.1) is 11.8 Å². The molecule has 7 heteroatoms. The molecule has 0 saturated carbocycles. The van der Waals surface area contributed by atoms with Crippen molar-refractivity contribution >= 4 is 40.7 Å². The zero-order chi connectivity index (χ0) is 16.7. The van der Waals surface area contributed by atoms with Gasteiger partial charge in [-0.2, -0.15) is 0 Å². The average Bonchev–Trinajstić information content (AvgIpc) is 3.13. The van der Waals surface area contributed by atoms with Crippen LogP contribution in [-0.2, 0) is 10.2 Å². The fourth-order valence-electron chi connectivity index (χ4n) is 5.73. The van der Waals surface area contributed by atoms with Crippen LogP contribution in [0.5, 0.6) is 5.75 Å². The van der Waals surface area contributed by atoms with E-state index >= 15 is 0 Å². The summed E-state index contributed by atoms with van der Waals surface area (Å²) in [7, 11) is 0. The van der Waals surface area contributed by atoms with E-state index < -0.39 is 17.6 Å². The Bertz CT molecular complexity index is 1150. The molecular formula is C18H14N3O3S+. The summed E-state index contributed by atoms with van der Waals surface area (Å²) in [4.78, 5) is 18.3. The summed E-state index contributed by atoms with van der Waals surface area (Å²) in [6.45, 7) is 0.689. The number of nitrogens with one attached hydrogen (secondary N) is 1. The zero-order valence-electron chi connectivity index (χ0n) is 13.1. The Morgan fingerprint density at radius 2 is 2.32 bits per heavy atom. The van der Waals surface area contributed by atoms with Crippen molar-refractivity contribution in [1.82, 2.24) is 4.58 Å². The Labute approximate surface area is 146 Å². The molecule has 0 radical (unpaired) electrons. The van der Waals surface area contributed by atoms with Crippen LogP contribution < -0.4 is 20.5 Å². The second kappa shape index (κ2) is 3.68. The van der Waals surface area contributed by atoms with Crippen LogP contribution in [0.2, 0.25) is 0 Å². The number of carbonyl (C=O) groups is 1. The summed E-state index contributed by atoms with van der Waals surface area (Å²) in [5.41, 5.74) is 2.82. The number of hydrogen-bond donors (Lipinski definition) is 3. The molecule has 3 bridgehead atoms. The van der Waals surface area contributed by atoms with Gasteiger partial charge in [0.15, 0.2) is 5.75 Å². The molecule has 5 aliphatic heterocycles. The van der Waals surface area contributed by atoms with Crippen LogP contribution in [0.4, 0.5) is 11.4 Å². The van der Waals surface area contributed by atoms with E-state index in [2.05, 4.69) is 14.9 Å². The maximum absolute atomic E-state index is 12.8. The molecule has 1 aromatic rings. The molecule has 6 nitrogen and oxygen atoms in total. The van der Waals surface area contributed by atoms with Crippen molar-refractivity contribution in [2.75, 3.05) is 11.9 Å². The highest BCUT2D eigenvalue weighted by Gasteiger charge is 2.66. The number of anilines is 1. The lowest BCUT2D eigenvalue weighted by Crippen LogP contribution is -2.70. The minimum absolute atomic E-state index is 0.00966. The maximum Gasteiger partial charge on any atom is 0.242 e. The quantitative estimate of drug-likeness (QED) is 0.433. The van der Waals surface area contributed by atoms with E-state index in [1.165, 1.54) is 0 Å². The molecule has 1 aliphatic carbocycles. The first-order chi connectivity index (χ1) is 12.1. The fraction of sp³-hybridized carbons (Fsp3) is 0.389. The number of aliphatic imine (C=N–C) groups is 1. The maximum atomic E-state index is 12.8. The number of ketones is 1. The van der Waals surface area contributed by atoms with Crippen LogP contribution in [0.3, 0.4) is 0 Å². The fourth-order valence-corrected chi connectivity index (χ4v) is 7.26. The number of fused-ring (bicyclic) bond motifs is 3. The number of phenolic OH excluding ortho intramolecular Hbond substituents is 1. The molecule has 25 heavy (non-hydrogen) atoms. The molecule has 1 fully saturated rings. The topological polar surface area (TPSA) is 84.9 Å². The highest BCUT2D eigenvalue weighted by Crippen LogP contribution is 2.62. The number of aliphatic hydroxyl groups excluding tert-OH is 1. The van der Waals surface area contributed by atoms with Crippen molar-refractivity contribution in [1.29, 1.82) is 0 Å². The number of hydrogen-bond acceptors (Lipinski definition) is 6. The smallest absolute Gasteiger partial charge is 0.242 e. The van der Waals surface area contributed by atoms with Gasteiger partial charge >= 0.3 is 0 Å². The van der Waals surface area contributed by atoms with E-state index in [4.69, 9.17) is 0 Å². The number of nitrogens with zero attached hydrogens (tertiary/aromatic N) is 2. The molecule has 1 aromatic carbocycles. The van der Waals surface area contributed by atoms with E-state index in [9.17, 15) is 15.0 Å². The van der Waals surface area contributed by atoms with Crippen LogP contribution in [0.25, 0.3) is 5.57 Å². The van der Waals surface area contributed by atoms with Gasteiger partial charge in [0.2, 0.25) is 17.2 Å². The number of carbonyl (C=O) groups excluding carboxylic acids is 1. The monoisotopic (exact) mass is 352 g/mol. The van der Waals surface area contributed by atoms with Crippen LogP contribution in [0, 0.1) is 0 Å². The lowest BCUT2D eigenvalue weighted by molar-refractivity contribution is -0.123. The van der Waals surface area contributed by atoms with Crippen molar-refractivity contribution in [3.63, 3.8) is 0 Å². The lowest BCUT2D eigenvalue weighted by atomic mass is 9.62. The SMILES string of the molecule is O=C1C=C2SC3C[C@]24c2c(c(O)c5c6c2=[N+](CCC=6C=N5)C1[C@H]4O)N3. The highest BCUT2D eigenvalue weighted by atomic mass is 32.2. The number of thioether (sulfide) groups is 1. The first kappa shape index (κ1) is 13.1. The summed E-state index contributed by atoms with van der Waals surface area (Å²) in [6.07, 6.45) is 4.32. The van der Waals surface area contributed by atoms with E-state index in [-0.39, 0.29) is 16.9 Å². The molecule has 1 saturated heterocycles. The Morgan fingerprint density at radius 1 is 1.44 bits per heavy atom. The molecule has 124 valence electrons. The van der Waals surface area contributed by atoms with Crippen LogP contribution in [0.15, 0.2) is 16.0 Å². The Kier molecular flexibility index (Phi) is 1.94. The van der Waals surface area contributed by atoms with Gasteiger partial charge < -0.3 is 15.5 Å². The van der Waals surface area contributed by atoms with Crippen LogP contribution in [-0.4, -0.2) is 46.3 Å². The third kappa shape index (κ3) is 1.15. The van der Waals surface area contributed by atoms with E-state index in [0.29, 0.717) is 17.9 Å². The number of phenols is 1. The van der Waals surface area contributed by atoms with Crippen molar-refractivity contribution in [3.05, 3.63) is 27.1 Å². The van der Waals surface area contributed by atoms with Gasteiger partial charge in [0.05, 0.1) is 27.3 Å². The van der Waals surface area contributed by atoms with Gasteiger partial charge in [0, 0.05) is 17.5 Å². The number of aromatic hydroxyl groups is 1. The third-order valence-corrected chi connectivity index (χ3v) is 7.98. The molecule has 0 amide bonds. The predicted molar refractivity (Wildman–Crippen MR) is 93.8 cm³/mol. The molecule has 4 atom stereocenters. The number of aliphatic hydroxyl groups is 1. The lowest BCUT2D eigenvalue weighted by Gasteiger charge is -2.45. The average molecular weight is 352 g/mol. The standard InChI is InChI=1S/C18H13N3O3S/c22-7-3-8-18-4-9(25-8)20-13-11(18)15-10-6(5-19-12(10)16(13)23)1-2-21(15)14(7)17(18)24/h3,5,9,14,17,24H,1-2,4H2,(H,19,20,23)/p+1/t9?,14?,17-,18-/m1/s1. The number of rotatable bonds is 0. The first-order valence-corrected chi connectivity index (χ1v) is 9.47. The van der Waals surface area contributed by atoms with Gasteiger partial charge in [-0.25, -0.2) is 4.58 Å². The highest BCUT2D eigenvalue weighted by molar-refractivity contribution is 8.04. The predicted octanol–water partition coefficient (Wildman–Crippen LogP) is -0.510. The Balaban J connectivity index is 1.82. The van der Waals surface area contributed by atoms with E-state index in [0.717, 1.165) is 39.5 Å². The molecule has 0 aromatic heterocycles. The van der Waals surface area contributed by atoms with Crippen molar-refractivity contribution in [2.24, 2.45) is 4.99 Å². The van der Waals surface area contributed by atoms with Gasteiger partial charge in [-0.05, 0) is 18.1 Å². The van der Waals surface area contributed by atoms with Gasteiger partial charge in [0.1, 0.15) is 18.3 Å². The minimum atomic E-state index is -0.771. The summed E-state index contributed by atoms with van der Waals surface area (Å²) < 4.78 is 2.06. The molecule has 1 spiro atoms. The van der Waals surface area contributed by atoms with Crippen molar-refractivity contribution in [2.45, 2.75) is 35.8 Å². The van der Waals surface area contributed by atoms with E-state index in [1.807, 2.05) is 6.21 Å². The Morgan fingerprint density at radius 3 is 3.20 bits per heavy atom. The molecule has 2 unspecified atom stereocenters. The van der Waals surface area contributed by atoms with Gasteiger partial charge in [-0.1, -0.05) is 0 Å². The van der Waals surface area contributed by atoms with Crippen LogP contribution in [0.1, 0.15) is 18.4 Å². The molecule has 6 aliphatic rings. The summed E-state index contributed by atoms with van der Waals surface area (Å²) in [5.74, 6) is 0.167. The summed E-state index contributed by atoms with van der Waals surface area (Å²) in [5, 5.41) is 27.7. The molecule has 5 heterocycles. The van der Waals surface area contributed by atoms with E-state index in [1.54, 1.807) is 17.8 Å². The normalized spacial score (nSPS) is 37.4. The number of benzene rings is 1. The second-order valence-corrected chi connectivity index (χ2v) is 8.87. The molecule has 3 N–H and O–H groups in total. The summed E-state index contributed by atoms with van der Waals surface area (Å²) >= 11 is 1.61. The summed E-state index contributed by atoms with van der Waals surface area (Å²) in [6, 6.07) is -0.530. The van der Waals surface area contributed by atoms with Crippen molar-refractivity contribution in [3.8, 4) is 5.75 Å². The zero-order valence-corrected chi connectivity index (χ0v) is 13.9. The van der Waals surface area contributed by atoms with Gasteiger partial charge in [0.25, 0.3) is 0 Å². The first-order valence-electron chi connectivity index (χ1n) is 8.59. The minimum Gasteiger partial charge on any atom is -0.504 e. The van der Waals surface area contributed by atoms with Gasteiger partial charge in [-0.3, -0.25) is 9.79 Å². The van der Waals surface area contributed by atoms with Crippen molar-refractivity contribution < 1.29 is 15.0 Å². The second-order valence-electron chi connectivity index (χ2n) is 7.62. The Hall–Kier alpha value is -2.12. The molecular weight excluding hydrogens is 338 g/mol. The van der Waals surface area contributed by atoms with Crippen LogP contribution >= 0.6 is 11.8 Å². The third-order valence-electron chi connectivity index (χ3n) is 6.67.